The van der Waals surface area contributed by atoms with Gasteiger partial charge in [0.15, 0.2) is 0 Å². The van der Waals surface area contributed by atoms with E-state index in [1.165, 1.54) is 0 Å². The van der Waals surface area contributed by atoms with Crippen molar-refractivity contribution in [3.63, 3.8) is 0 Å². The largest absolute Gasteiger partial charge is 0.497 e. The molecule has 0 radical (unpaired) electrons. The Kier molecular flexibility index (Phi) is 4.48. The van der Waals surface area contributed by atoms with Gasteiger partial charge in [0.1, 0.15) is 5.75 Å². The number of fused-ring (bicyclic) bond motifs is 2. The summed E-state index contributed by atoms with van der Waals surface area (Å²) in [7, 11) is 1.60. The Morgan fingerprint density at radius 3 is 2.84 bits per heavy atom. The fourth-order valence-electron chi connectivity index (χ4n) is 3.62. The first-order chi connectivity index (χ1) is 15.1. The summed E-state index contributed by atoms with van der Waals surface area (Å²) in [5.41, 5.74) is 5.30. The van der Waals surface area contributed by atoms with Gasteiger partial charge in [0.25, 0.3) is 11.6 Å². The standard InChI is InChI=1S/C24H18N4O3/c1-31-17-7-10-21-19(14-17)20(24(29)25-21)12-15-5-8-18-22(26-27-23(18)13-15)9-6-16-4-2-3-11-28(16)30/h2-14,30H,1H3,(H,25,29)/p+1/b20-12+. The molecule has 7 nitrogen and oxygen atoms in total. The lowest BCUT2D eigenvalue weighted by molar-refractivity contribution is -0.905. The molecule has 1 aliphatic heterocycles. The smallest absolute Gasteiger partial charge is 0.257 e. The van der Waals surface area contributed by atoms with Gasteiger partial charge in [-0.1, -0.05) is 6.07 Å². The SMILES string of the molecule is COc1ccc2c(c1)/C(=C\c1ccc3c(/C=C/c4cccc[n+]4O)n[nH]c3c1)C(=O)N2. The molecule has 5 rings (SSSR count). The van der Waals surface area contributed by atoms with Gasteiger partial charge in [-0.3, -0.25) is 15.1 Å². The maximum Gasteiger partial charge on any atom is 0.257 e. The first-order valence-electron chi connectivity index (χ1n) is 9.70. The molecular formula is C24H19N4O3+. The molecule has 0 fully saturated rings. The highest BCUT2D eigenvalue weighted by molar-refractivity contribution is 6.35. The van der Waals surface area contributed by atoms with Gasteiger partial charge in [-0.05, 0) is 54.1 Å². The molecule has 4 aromatic rings. The van der Waals surface area contributed by atoms with E-state index in [9.17, 15) is 10.0 Å². The van der Waals surface area contributed by atoms with Crippen LogP contribution in [0.15, 0.2) is 60.8 Å². The van der Waals surface area contributed by atoms with E-state index in [0.29, 0.717) is 17.0 Å². The van der Waals surface area contributed by atoms with E-state index >= 15 is 0 Å². The molecule has 31 heavy (non-hydrogen) atoms. The second-order valence-corrected chi connectivity index (χ2v) is 7.14. The molecule has 3 N–H and O–H groups in total. The Morgan fingerprint density at radius 2 is 2.00 bits per heavy atom. The summed E-state index contributed by atoms with van der Waals surface area (Å²) in [6.45, 7) is 0. The molecule has 0 bridgehead atoms. The van der Waals surface area contributed by atoms with Gasteiger partial charge in [0, 0.05) is 45.1 Å². The number of carbonyl (C=O) groups excluding carboxylic acids is 1. The van der Waals surface area contributed by atoms with Crippen LogP contribution in [0.1, 0.15) is 22.5 Å². The third-order valence-corrected chi connectivity index (χ3v) is 5.22. The molecule has 152 valence electrons. The number of aromatic amines is 1. The Labute approximate surface area is 177 Å². The topological polar surface area (TPSA) is 91.1 Å². The summed E-state index contributed by atoms with van der Waals surface area (Å²) in [6, 6.07) is 16.8. The molecule has 7 heteroatoms. The van der Waals surface area contributed by atoms with E-state index in [1.807, 2.05) is 54.6 Å². The number of benzene rings is 2. The van der Waals surface area contributed by atoms with Crippen molar-refractivity contribution in [1.29, 1.82) is 0 Å². The van der Waals surface area contributed by atoms with Crippen molar-refractivity contribution in [2.75, 3.05) is 12.4 Å². The van der Waals surface area contributed by atoms with Crippen LogP contribution >= 0.6 is 0 Å². The summed E-state index contributed by atoms with van der Waals surface area (Å²) >= 11 is 0. The lowest BCUT2D eigenvalue weighted by Gasteiger charge is -2.03. The van der Waals surface area contributed by atoms with Crippen LogP contribution in [0.3, 0.4) is 0 Å². The van der Waals surface area contributed by atoms with Gasteiger partial charge >= 0.3 is 0 Å². The number of methoxy groups -OCH3 is 1. The molecule has 0 unspecified atom stereocenters. The lowest BCUT2D eigenvalue weighted by atomic mass is 10.0. The van der Waals surface area contributed by atoms with Crippen LogP contribution in [0.4, 0.5) is 5.69 Å². The van der Waals surface area contributed by atoms with E-state index in [2.05, 4.69) is 15.5 Å². The van der Waals surface area contributed by atoms with Crippen molar-refractivity contribution in [3.8, 4) is 5.75 Å². The summed E-state index contributed by atoms with van der Waals surface area (Å²) in [6.07, 6.45) is 7.05. The van der Waals surface area contributed by atoms with Crippen LogP contribution in [0.5, 0.6) is 5.75 Å². The normalized spacial score (nSPS) is 14.4. The van der Waals surface area contributed by atoms with Gasteiger partial charge in [0.05, 0.1) is 18.3 Å². The van der Waals surface area contributed by atoms with Gasteiger partial charge in [0.2, 0.25) is 6.20 Å². The molecule has 0 aliphatic carbocycles. The van der Waals surface area contributed by atoms with Gasteiger partial charge in [-0.15, -0.1) is 0 Å². The average molecular weight is 411 g/mol. The second kappa shape index (κ2) is 7.46. The molecule has 0 saturated carbocycles. The zero-order chi connectivity index (χ0) is 21.4. The van der Waals surface area contributed by atoms with Crippen molar-refractivity contribution in [3.05, 3.63) is 83.3 Å². The minimum absolute atomic E-state index is 0.142. The number of hydrogen-bond acceptors (Lipinski definition) is 4. The average Bonchev–Trinajstić information content (AvgIpc) is 3.33. The van der Waals surface area contributed by atoms with E-state index < -0.39 is 0 Å². The number of amides is 1. The van der Waals surface area contributed by atoms with Crippen LogP contribution in [-0.2, 0) is 4.79 Å². The number of ether oxygens (including phenoxy) is 1. The van der Waals surface area contributed by atoms with Crippen molar-refractivity contribution >= 4 is 46.3 Å². The molecule has 3 heterocycles. The van der Waals surface area contributed by atoms with E-state index in [0.717, 1.165) is 38.1 Å². The maximum absolute atomic E-state index is 12.5. The number of rotatable bonds is 4. The van der Waals surface area contributed by atoms with Gasteiger partial charge < -0.3 is 10.1 Å². The predicted octanol–water partition coefficient (Wildman–Crippen LogP) is 3.76. The third kappa shape index (κ3) is 3.42. The second-order valence-electron chi connectivity index (χ2n) is 7.14. The molecule has 1 aliphatic rings. The summed E-state index contributed by atoms with van der Waals surface area (Å²) in [4.78, 5) is 12.5. The maximum atomic E-state index is 12.5. The number of nitrogens with zero attached hydrogens (tertiary/aromatic N) is 2. The van der Waals surface area contributed by atoms with Crippen LogP contribution < -0.4 is 14.8 Å². The Morgan fingerprint density at radius 1 is 1.10 bits per heavy atom. The molecule has 2 aromatic carbocycles. The van der Waals surface area contributed by atoms with Crippen molar-refractivity contribution in [2.24, 2.45) is 0 Å². The number of anilines is 1. The highest BCUT2D eigenvalue weighted by atomic mass is 16.5. The van der Waals surface area contributed by atoms with Crippen molar-refractivity contribution in [2.45, 2.75) is 0 Å². The Bertz CT molecular complexity index is 1380. The number of pyridine rings is 1. The summed E-state index contributed by atoms with van der Waals surface area (Å²) in [5, 5.41) is 21.1. The highest BCUT2D eigenvalue weighted by Gasteiger charge is 2.24. The van der Waals surface area contributed by atoms with E-state index in [1.54, 1.807) is 31.5 Å². The van der Waals surface area contributed by atoms with Crippen LogP contribution in [0.2, 0.25) is 0 Å². The minimum Gasteiger partial charge on any atom is -0.497 e. The van der Waals surface area contributed by atoms with Gasteiger partial charge in [-0.25, -0.2) is 0 Å². The van der Waals surface area contributed by atoms with Crippen LogP contribution in [0, 0.1) is 0 Å². The third-order valence-electron chi connectivity index (χ3n) is 5.22. The molecule has 0 spiro atoms. The molecule has 0 saturated heterocycles. The highest BCUT2D eigenvalue weighted by Crippen LogP contribution is 2.36. The fraction of sp³-hybridized carbons (Fsp3) is 0.0417. The number of H-pyrrole nitrogens is 1. The van der Waals surface area contributed by atoms with Crippen molar-refractivity contribution in [1.82, 2.24) is 10.2 Å². The van der Waals surface area contributed by atoms with E-state index in [4.69, 9.17) is 4.74 Å². The fourth-order valence-corrected chi connectivity index (χ4v) is 3.62. The predicted molar refractivity (Wildman–Crippen MR) is 118 cm³/mol. The van der Waals surface area contributed by atoms with Crippen LogP contribution in [-0.4, -0.2) is 28.4 Å². The minimum atomic E-state index is -0.142. The number of nitrogens with one attached hydrogen (secondary N) is 2. The zero-order valence-electron chi connectivity index (χ0n) is 16.7. The van der Waals surface area contributed by atoms with Crippen molar-refractivity contribution < 1.29 is 19.5 Å². The Hall–Kier alpha value is -4.39. The monoisotopic (exact) mass is 411 g/mol. The number of aromatic nitrogens is 3. The summed E-state index contributed by atoms with van der Waals surface area (Å²) < 4.78 is 6.34. The number of hydrogen-bond donors (Lipinski definition) is 3. The molecule has 2 aromatic heterocycles. The first kappa shape index (κ1) is 18.6. The summed E-state index contributed by atoms with van der Waals surface area (Å²) in [5.74, 6) is 0.556. The molecule has 0 atom stereocenters. The molecular weight excluding hydrogens is 392 g/mol. The lowest BCUT2D eigenvalue weighted by Crippen LogP contribution is -2.32. The number of carbonyl (C=O) groups is 1. The van der Waals surface area contributed by atoms with Crippen LogP contribution in [0.25, 0.3) is 34.7 Å². The first-order valence-corrected chi connectivity index (χ1v) is 9.70. The quantitative estimate of drug-likeness (QED) is 0.271. The van der Waals surface area contributed by atoms with E-state index in [-0.39, 0.29) is 5.91 Å². The zero-order valence-corrected chi connectivity index (χ0v) is 16.7. The Balaban J connectivity index is 1.48. The molecule has 1 amide bonds. The van der Waals surface area contributed by atoms with Gasteiger partial charge in [-0.2, -0.15) is 5.10 Å².